The van der Waals surface area contributed by atoms with E-state index in [0.717, 1.165) is 0 Å². The van der Waals surface area contributed by atoms with E-state index in [2.05, 4.69) is 5.32 Å². The van der Waals surface area contributed by atoms with Gasteiger partial charge in [-0.05, 0) is 0 Å². The number of aliphatic hydroxyl groups excluding tert-OH is 4. The second-order valence-electron chi connectivity index (χ2n) is 4.60. The van der Waals surface area contributed by atoms with Crippen molar-refractivity contribution in [2.24, 2.45) is 0 Å². The van der Waals surface area contributed by atoms with E-state index < -0.39 is 54.5 Å². The van der Waals surface area contributed by atoms with Crippen LogP contribution in [0.3, 0.4) is 0 Å². The molecule has 110 valence electrons. The van der Waals surface area contributed by atoms with E-state index in [4.69, 9.17) is 14.9 Å². The van der Waals surface area contributed by atoms with E-state index in [1.54, 1.807) is 0 Å². The number of aliphatic carboxylic acids is 1. The highest BCUT2D eigenvalue weighted by Crippen LogP contribution is 2.31. The van der Waals surface area contributed by atoms with Gasteiger partial charge in [-0.25, -0.2) is 0 Å². The Morgan fingerprint density at radius 2 is 1.95 bits per heavy atom. The predicted octanol–water partition coefficient (Wildman–Crippen LogP) is -3.06. The average molecular weight is 295 g/mol. The third-order valence-corrected chi connectivity index (χ3v) is 4.62. The Kier molecular flexibility index (Phi) is 4.66. The molecule has 2 saturated heterocycles. The maximum absolute atomic E-state index is 10.8. The number of hydrogen-bond acceptors (Lipinski definition) is 8. The number of carboxylic acid groups (broad SMARTS) is 1. The molecule has 19 heavy (non-hydrogen) atoms. The SMILES string of the molecule is O=C(O)C1CSC(C2O[C@H](CO)[C@@H](O)[C@H](O)[C@H]2O)N1. The molecule has 0 aromatic rings. The van der Waals surface area contributed by atoms with Gasteiger partial charge in [0.25, 0.3) is 0 Å². The number of hydrogen-bond donors (Lipinski definition) is 6. The first-order valence-electron chi connectivity index (χ1n) is 5.86. The topological polar surface area (TPSA) is 139 Å². The molecule has 0 saturated carbocycles. The van der Waals surface area contributed by atoms with Gasteiger partial charge in [0, 0.05) is 5.75 Å². The van der Waals surface area contributed by atoms with Crippen LogP contribution >= 0.6 is 11.8 Å². The van der Waals surface area contributed by atoms with Crippen molar-refractivity contribution < 1.29 is 35.1 Å². The van der Waals surface area contributed by atoms with Crippen LogP contribution < -0.4 is 5.32 Å². The van der Waals surface area contributed by atoms with Gasteiger partial charge in [-0.2, -0.15) is 0 Å². The Hall–Kier alpha value is -0.420. The maximum atomic E-state index is 10.8. The van der Waals surface area contributed by atoms with Crippen LogP contribution in [0.1, 0.15) is 0 Å². The van der Waals surface area contributed by atoms with Gasteiger partial charge in [-0.1, -0.05) is 0 Å². The quantitative estimate of drug-likeness (QED) is 0.320. The van der Waals surface area contributed by atoms with Crippen molar-refractivity contribution >= 4 is 17.7 Å². The Balaban J connectivity index is 2.05. The van der Waals surface area contributed by atoms with E-state index in [-0.39, 0.29) is 0 Å². The summed E-state index contributed by atoms with van der Waals surface area (Å²) in [4.78, 5) is 10.8. The predicted molar refractivity (Wildman–Crippen MR) is 64.6 cm³/mol. The number of carboxylic acids is 1. The van der Waals surface area contributed by atoms with E-state index >= 15 is 0 Å². The lowest BCUT2D eigenvalue weighted by Gasteiger charge is -2.42. The van der Waals surface area contributed by atoms with Gasteiger partial charge in [0.1, 0.15) is 36.6 Å². The number of thioether (sulfide) groups is 1. The lowest BCUT2D eigenvalue weighted by molar-refractivity contribution is -0.229. The molecule has 2 rings (SSSR count). The van der Waals surface area contributed by atoms with Gasteiger partial charge in [0.05, 0.1) is 12.0 Å². The van der Waals surface area contributed by atoms with Crippen LogP contribution in [0.4, 0.5) is 0 Å². The fraction of sp³-hybridized carbons (Fsp3) is 0.900. The summed E-state index contributed by atoms with van der Waals surface area (Å²) in [6, 6.07) is -0.748. The fourth-order valence-electron chi connectivity index (χ4n) is 2.21. The molecule has 2 fully saturated rings. The summed E-state index contributed by atoms with van der Waals surface area (Å²) in [6.45, 7) is -0.499. The van der Waals surface area contributed by atoms with E-state index in [9.17, 15) is 20.1 Å². The van der Waals surface area contributed by atoms with Crippen LogP contribution in [0, 0.1) is 0 Å². The van der Waals surface area contributed by atoms with Gasteiger partial charge in [-0.15, -0.1) is 11.8 Å². The van der Waals surface area contributed by atoms with E-state index in [0.29, 0.717) is 5.75 Å². The summed E-state index contributed by atoms with van der Waals surface area (Å²) in [5.74, 6) is -0.686. The molecule has 9 heteroatoms. The first-order valence-corrected chi connectivity index (χ1v) is 6.91. The number of aliphatic hydroxyl groups is 4. The molecule has 0 aromatic heterocycles. The highest BCUT2D eigenvalue weighted by molar-refractivity contribution is 8.00. The minimum absolute atomic E-state index is 0.315. The monoisotopic (exact) mass is 295 g/mol. The minimum Gasteiger partial charge on any atom is -0.480 e. The summed E-state index contributed by atoms with van der Waals surface area (Å²) >= 11 is 1.25. The third kappa shape index (κ3) is 2.87. The maximum Gasteiger partial charge on any atom is 0.321 e. The van der Waals surface area contributed by atoms with Gasteiger partial charge < -0.3 is 30.3 Å². The minimum atomic E-state index is -1.44. The van der Waals surface area contributed by atoms with Crippen molar-refractivity contribution in [1.29, 1.82) is 0 Å². The number of rotatable bonds is 3. The largest absolute Gasteiger partial charge is 0.480 e. The molecule has 0 aromatic carbocycles. The molecule has 2 heterocycles. The molecule has 2 aliphatic rings. The first kappa shape index (κ1) is 15.0. The van der Waals surface area contributed by atoms with Gasteiger partial charge in [0.15, 0.2) is 0 Å². The van der Waals surface area contributed by atoms with Crippen LogP contribution in [0.25, 0.3) is 0 Å². The zero-order valence-corrected chi connectivity index (χ0v) is 10.7. The number of ether oxygens (including phenoxy) is 1. The highest BCUT2D eigenvalue weighted by Gasteiger charge is 2.48. The summed E-state index contributed by atoms with van der Waals surface area (Å²) in [5, 5.41) is 49.4. The summed E-state index contributed by atoms with van der Waals surface area (Å²) in [7, 11) is 0. The van der Waals surface area contributed by atoms with E-state index in [1.807, 2.05) is 0 Å². The molecule has 0 amide bonds. The normalized spacial score (nSPS) is 47.3. The molecule has 0 bridgehead atoms. The van der Waals surface area contributed by atoms with E-state index in [1.165, 1.54) is 11.8 Å². The zero-order valence-electron chi connectivity index (χ0n) is 9.92. The van der Waals surface area contributed by atoms with Crippen LogP contribution in [-0.4, -0.2) is 85.8 Å². The summed E-state index contributed by atoms with van der Waals surface area (Å²) in [5.41, 5.74) is 0. The molecule has 3 unspecified atom stereocenters. The van der Waals surface area contributed by atoms with Gasteiger partial charge >= 0.3 is 5.97 Å². The van der Waals surface area contributed by atoms with Crippen molar-refractivity contribution in [3.8, 4) is 0 Å². The second kappa shape index (κ2) is 5.92. The van der Waals surface area contributed by atoms with Crippen LogP contribution in [-0.2, 0) is 9.53 Å². The fourth-order valence-corrected chi connectivity index (χ4v) is 3.52. The van der Waals surface area contributed by atoms with Gasteiger partial charge in [-0.3, -0.25) is 10.1 Å². The van der Waals surface area contributed by atoms with Crippen molar-refractivity contribution in [3.63, 3.8) is 0 Å². The first-order chi connectivity index (χ1) is 8.95. The third-order valence-electron chi connectivity index (χ3n) is 3.33. The Morgan fingerprint density at radius 1 is 1.26 bits per heavy atom. The Bertz CT molecular complexity index is 342. The number of carbonyl (C=O) groups is 1. The summed E-state index contributed by atoms with van der Waals surface area (Å²) < 4.78 is 5.36. The van der Waals surface area contributed by atoms with Crippen molar-refractivity contribution in [3.05, 3.63) is 0 Å². The average Bonchev–Trinajstić information content (AvgIpc) is 2.86. The Morgan fingerprint density at radius 3 is 2.47 bits per heavy atom. The van der Waals surface area contributed by atoms with Crippen LogP contribution in [0.15, 0.2) is 0 Å². The van der Waals surface area contributed by atoms with Gasteiger partial charge in [0.2, 0.25) is 0 Å². The standard InChI is InChI=1S/C10H17NO7S/c12-1-4-5(13)6(14)7(15)8(18-4)9-11-3(2-19-9)10(16)17/h3-9,11-15H,1-2H2,(H,16,17)/t3?,4-,5-,6+,7-,8?,9?/m1/s1. The second-order valence-corrected chi connectivity index (χ2v) is 5.78. The highest BCUT2D eigenvalue weighted by atomic mass is 32.2. The smallest absolute Gasteiger partial charge is 0.321 e. The molecular formula is C10H17NO7S. The van der Waals surface area contributed by atoms with Crippen molar-refractivity contribution in [2.45, 2.75) is 41.9 Å². The lowest BCUT2D eigenvalue weighted by atomic mass is 9.95. The molecule has 0 radical (unpaired) electrons. The van der Waals surface area contributed by atoms with Crippen LogP contribution in [0.5, 0.6) is 0 Å². The molecule has 0 aliphatic carbocycles. The molecule has 2 aliphatic heterocycles. The Labute approximate surface area is 113 Å². The molecule has 8 nitrogen and oxygen atoms in total. The molecule has 0 spiro atoms. The van der Waals surface area contributed by atoms with Crippen molar-refractivity contribution in [2.75, 3.05) is 12.4 Å². The molecule has 6 N–H and O–H groups in total. The summed E-state index contributed by atoms with van der Waals surface area (Å²) in [6.07, 6.45) is -6.07. The molecule has 7 atom stereocenters. The van der Waals surface area contributed by atoms with Crippen LogP contribution in [0.2, 0.25) is 0 Å². The lowest BCUT2D eigenvalue weighted by Crippen LogP contribution is -2.62. The van der Waals surface area contributed by atoms with Crippen molar-refractivity contribution in [1.82, 2.24) is 5.32 Å². The zero-order chi connectivity index (χ0) is 14.2. The molecular weight excluding hydrogens is 278 g/mol. The number of nitrogens with one attached hydrogen (secondary N) is 1.